The van der Waals surface area contributed by atoms with Crippen LogP contribution in [-0.2, 0) is 14.8 Å². The van der Waals surface area contributed by atoms with Gasteiger partial charge in [0.1, 0.15) is 11.5 Å². The van der Waals surface area contributed by atoms with Crippen LogP contribution in [0.15, 0.2) is 51.8 Å². The van der Waals surface area contributed by atoms with Crippen LogP contribution < -0.4 is 14.8 Å². The highest BCUT2D eigenvalue weighted by Crippen LogP contribution is 2.33. The third-order valence-electron chi connectivity index (χ3n) is 5.42. The molecular weight excluding hydrogens is 476 g/mol. The van der Waals surface area contributed by atoms with Crippen molar-refractivity contribution in [3.8, 4) is 23.0 Å². The number of anilines is 1. The fourth-order valence-electron chi connectivity index (χ4n) is 3.78. The van der Waals surface area contributed by atoms with Gasteiger partial charge in [-0.15, -0.1) is 5.10 Å². The van der Waals surface area contributed by atoms with Crippen LogP contribution >= 0.6 is 0 Å². The van der Waals surface area contributed by atoms with Crippen LogP contribution in [0.4, 0.5) is 6.01 Å². The van der Waals surface area contributed by atoms with E-state index in [1.54, 1.807) is 25.3 Å². The van der Waals surface area contributed by atoms with E-state index in [9.17, 15) is 13.2 Å². The van der Waals surface area contributed by atoms with Gasteiger partial charge >= 0.3 is 6.01 Å². The topological polar surface area (TPSA) is 133 Å². The lowest BCUT2D eigenvalue weighted by molar-refractivity contribution is -0.0440. The summed E-state index contributed by atoms with van der Waals surface area (Å²) in [4.78, 5) is 12.8. The SMILES string of the molecule is COc1ccc(-c2nnc(NC(=O)c3ccc(S(=O)(=O)N4C[C@@H](C)O[C@H](C)C4)cc3)o2)c(OC)c1. The van der Waals surface area contributed by atoms with E-state index >= 15 is 0 Å². The van der Waals surface area contributed by atoms with Crippen molar-refractivity contribution in [1.29, 1.82) is 0 Å². The molecule has 0 bridgehead atoms. The lowest BCUT2D eigenvalue weighted by Gasteiger charge is -2.34. The molecule has 1 aliphatic heterocycles. The van der Waals surface area contributed by atoms with E-state index < -0.39 is 15.9 Å². The van der Waals surface area contributed by atoms with Crippen molar-refractivity contribution in [2.24, 2.45) is 0 Å². The molecule has 1 saturated heterocycles. The van der Waals surface area contributed by atoms with Gasteiger partial charge in [0.15, 0.2) is 0 Å². The number of carbonyl (C=O) groups is 1. The van der Waals surface area contributed by atoms with Gasteiger partial charge < -0.3 is 18.6 Å². The zero-order valence-corrected chi connectivity index (χ0v) is 20.5. The number of methoxy groups -OCH3 is 2. The molecule has 1 aliphatic rings. The number of benzene rings is 2. The Morgan fingerprint density at radius 2 is 1.71 bits per heavy atom. The van der Waals surface area contributed by atoms with E-state index in [2.05, 4.69) is 15.5 Å². The summed E-state index contributed by atoms with van der Waals surface area (Å²) >= 11 is 0. The lowest BCUT2D eigenvalue weighted by atomic mass is 10.2. The molecule has 0 unspecified atom stereocenters. The first-order chi connectivity index (χ1) is 16.7. The van der Waals surface area contributed by atoms with Gasteiger partial charge in [-0.1, -0.05) is 5.10 Å². The minimum Gasteiger partial charge on any atom is -0.497 e. The fraction of sp³-hybridized carbons (Fsp3) is 0.348. The Hall–Kier alpha value is -3.48. The Morgan fingerprint density at radius 1 is 1.03 bits per heavy atom. The summed E-state index contributed by atoms with van der Waals surface area (Å²) in [5.41, 5.74) is 0.761. The summed E-state index contributed by atoms with van der Waals surface area (Å²) in [5.74, 6) is 0.683. The monoisotopic (exact) mass is 502 g/mol. The van der Waals surface area contributed by atoms with Crippen molar-refractivity contribution in [2.45, 2.75) is 31.0 Å². The van der Waals surface area contributed by atoms with Crippen molar-refractivity contribution < 1.29 is 31.8 Å². The maximum Gasteiger partial charge on any atom is 0.322 e. The summed E-state index contributed by atoms with van der Waals surface area (Å²) in [6, 6.07) is 10.6. The Kier molecular flexibility index (Phi) is 7.05. The zero-order valence-electron chi connectivity index (χ0n) is 19.7. The van der Waals surface area contributed by atoms with Gasteiger partial charge in [0.05, 0.1) is 36.9 Å². The summed E-state index contributed by atoms with van der Waals surface area (Å²) < 4.78 is 49.1. The van der Waals surface area contributed by atoms with Crippen molar-refractivity contribution >= 4 is 21.9 Å². The molecule has 1 N–H and O–H groups in total. The van der Waals surface area contributed by atoms with E-state index in [0.717, 1.165) is 0 Å². The first-order valence-electron chi connectivity index (χ1n) is 10.8. The molecule has 2 atom stereocenters. The molecule has 2 aromatic carbocycles. The van der Waals surface area contributed by atoms with Crippen LogP contribution in [0.25, 0.3) is 11.5 Å². The number of carbonyl (C=O) groups excluding carboxylic acids is 1. The maximum absolute atomic E-state index is 13.0. The second-order valence-corrected chi connectivity index (χ2v) is 9.97. The number of aromatic nitrogens is 2. The molecule has 0 saturated carbocycles. The van der Waals surface area contributed by atoms with Crippen LogP contribution in [0.5, 0.6) is 11.5 Å². The Morgan fingerprint density at radius 3 is 2.34 bits per heavy atom. The van der Waals surface area contributed by atoms with Gasteiger partial charge in [0.25, 0.3) is 11.8 Å². The Bertz CT molecular complexity index is 1300. The number of rotatable bonds is 7. The predicted octanol–water partition coefficient (Wildman–Crippen LogP) is 2.80. The molecule has 2 heterocycles. The molecule has 0 aliphatic carbocycles. The molecule has 0 radical (unpaired) electrons. The Balaban J connectivity index is 1.47. The minimum absolute atomic E-state index is 0.0991. The molecule has 4 rings (SSSR count). The number of sulfonamides is 1. The zero-order chi connectivity index (χ0) is 25.2. The standard InChI is InChI=1S/C23H26N4O7S/c1-14-12-27(13-15(2)33-14)35(29,30)18-8-5-16(6-9-18)21(28)24-23-26-25-22(34-23)19-10-7-17(31-3)11-20(19)32-4/h5-11,14-15H,12-13H2,1-4H3,(H,24,26,28)/t14-,15-/m1/s1. The summed E-state index contributed by atoms with van der Waals surface area (Å²) in [5, 5.41) is 10.3. The van der Waals surface area contributed by atoms with E-state index in [1.807, 2.05) is 13.8 Å². The Labute approximate surface area is 203 Å². The molecule has 35 heavy (non-hydrogen) atoms. The third kappa shape index (κ3) is 5.29. The van der Waals surface area contributed by atoms with E-state index in [-0.39, 0.29) is 47.7 Å². The minimum atomic E-state index is -3.71. The van der Waals surface area contributed by atoms with Crippen LogP contribution in [0.3, 0.4) is 0 Å². The number of hydrogen-bond acceptors (Lipinski definition) is 9. The predicted molar refractivity (Wildman–Crippen MR) is 126 cm³/mol. The molecule has 3 aromatic rings. The number of ether oxygens (including phenoxy) is 3. The van der Waals surface area contributed by atoms with Crippen molar-refractivity contribution in [3.63, 3.8) is 0 Å². The quantitative estimate of drug-likeness (QED) is 0.518. The molecule has 186 valence electrons. The van der Waals surface area contributed by atoms with Crippen molar-refractivity contribution in [3.05, 3.63) is 48.0 Å². The molecule has 1 fully saturated rings. The highest BCUT2D eigenvalue weighted by molar-refractivity contribution is 7.89. The molecular formula is C23H26N4O7S. The van der Waals surface area contributed by atoms with Crippen LogP contribution in [0, 0.1) is 0 Å². The third-order valence-corrected chi connectivity index (χ3v) is 7.27. The molecule has 11 nitrogen and oxygen atoms in total. The van der Waals surface area contributed by atoms with E-state index in [0.29, 0.717) is 17.1 Å². The summed E-state index contributed by atoms with van der Waals surface area (Å²) in [7, 11) is -0.665. The maximum atomic E-state index is 13.0. The summed E-state index contributed by atoms with van der Waals surface area (Å²) in [6.45, 7) is 4.21. The average Bonchev–Trinajstić information content (AvgIpc) is 3.31. The fourth-order valence-corrected chi connectivity index (χ4v) is 5.37. The van der Waals surface area contributed by atoms with Crippen LogP contribution in [0.2, 0.25) is 0 Å². The van der Waals surface area contributed by atoms with Gasteiger partial charge in [0, 0.05) is 24.7 Å². The van der Waals surface area contributed by atoms with Gasteiger partial charge in [-0.2, -0.15) is 4.31 Å². The van der Waals surface area contributed by atoms with Crippen LogP contribution in [-0.4, -0.2) is 68.3 Å². The van der Waals surface area contributed by atoms with E-state index in [4.69, 9.17) is 18.6 Å². The smallest absolute Gasteiger partial charge is 0.322 e. The first-order valence-corrected chi connectivity index (χ1v) is 12.3. The average molecular weight is 503 g/mol. The van der Waals surface area contributed by atoms with Crippen molar-refractivity contribution in [2.75, 3.05) is 32.6 Å². The van der Waals surface area contributed by atoms with E-state index in [1.165, 1.54) is 35.7 Å². The molecule has 1 aromatic heterocycles. The highest BCUT2D eigenvalue weighted by atomic mass is 32.2. The van der Waals surface area contributed by atoms with Gasteiger partial charge in [-0.25, -0.2) is 8.42 Å². The number of hydrogen-bond donors (Lipinski definition) is 1. The normalized spacial score (nSPS) is 18.7. The molecule has 12 heteroatoms. The van der Waals surface area contributed by atoms with Gasteiger partial charge in [0.2, 0.25) is 10.0 Å². The second kappa shape index (κ2) is 10.0. The van der Waals surface area contributed by atoms with Gasteiger partial charge in [-0.05, 0) is 50.2 Å². The highest BCUT2D eigenvalue weighted by Gasteiger charge is 2.32. The number of nitrogens with one attached hydrogen (secondary N) is 1. The van der Waals surface area contributed by atoms with Gasteiger partial charge in [-0.3, -0.25) is 10.1 Å². The number of morpholine rings is 1. The number of amides is 1. The summed E-state index contributed by atoms with van der Waals surface area (Å²) in [6.07, 6.45) is -0.397. The largest absolute Gasteiger partial charge is 0.497 e. The first kappa shape index (κ1) is 24.6. The second-order valence-electron chi connectivity index (χ2n) is 8.04. The molecule has 0 spiro atoms. The molecule has 1 amide bonds. The number of nitrogens with zero attached hydrogens (tertiary/aromatic N) is 3. The van der Waals surface area contributed by atoms with Crippen molar-refractivity contribution in [1.82, 2.24) is 14.5 Å². The lowest BCUT2D eigenvalue weighted by Crippen LogP contribution is -2.48. The van der Waals surface area contributed by atoms with Crippen LogP contribution in [0.1, 0.15) is 24.2 Å².